The zero-order valence-electron chi connectivity index (χ0n) is 13.4. The molecule has 0 radical (unpaired) electrons. The number of nitriles is 1. The molecule has 25 heavy (non-hydrogen) atoms. The number of carbonyl (C=O) groups excluding carboxylic acids is 1. The van der Waals surface area contributed by atoms with Gasteiger partial charge in [-0.05, 0) is 35.9 Å². The van der Waals surface area contributed by atoms with E-state index in [2.05, 4.69) is 0 Å². The molecule has 2 N–H and O–H groups in total. The zero-order chi connectivity index (χ0) is 18.2. The van der Waals surface area contributed by atoms with E-state index in [0.717, 1.165) is 5.56 Å². The molecule has 0 amide bonds. The lowest BCUT2D eigenvalue weighted by molar-refractivity contribution is 0.104. The van der Waals surface area contributed by atoms with Crippen molar-refractivity contribution in [2.24, 2.45) is 5.14 Å². The number of rotatable bonds is 3. The van der Waals surface area contributed by atoms with Gasteiger partial charge in [0.15, 0.2) is 5.78 Å². The van der Waals surface area contributed by atoms with Gasteiger partial charge in [0.25, 0.3) is 0 Å². The van der Waals surface area contributed by atoms with Gasteiger partial charge in [0.2, 0.25) is 10.0 Å². The van der Waals surface area contributed by atoms with E-state index in [9.17, 15) is 18.5 Å². The Morgan fingerprint density at radius 1 is 1.04 bits per heavy atom. The van der Waals surface area contributed by atoms with Crippen molar-refractivity contribution in [2.45, 2.75) is 11.8 Å². The van der Waals surface area contributed by atoms with Crippen molar-refractivity contribution in [1.29, 1.82) is 5.26 Å². The van der Waals surface area contributed by atoms with Gasteiger partial charge >= 0.3 is 0 Å². The highest BCUT2D eigenvalue weighted by atomic mass is 32.2. The van der Waals surface area contributed by atoms with Gasteiger partial charge < -0.3 is 0 Å². The van der Waals surface area contributed by atoms with Gasteiger partial charge in [0.1, 0.15) is 0 Å². The molecule has 124 valence electrons. The third-order valence-electron chi connectivity index (χ3n) is 3.98. The molecular weight excluding hydrogens is 336 g/mol. The van der Waals surface area contributed by atoms with Crippen LogP contribution in [0.25, 0.3) is 10.8 Å². The average Bonchev–Trinajstić information content (AvgIpc) is 2.59. The predicted molar refractivity (Wildman–Crippen MR) is 94.6 cm³/mol. The number of hydrogen-bond donors (Lipinski definition) is 1. The Labute approximate surface area is 145 Å². The summed E-state index contributed by atoms with van der Waals surface area (Å²) in [6, 6.07) is 16.5. The maximum atomic E-state index is 12.9. The van der Waals surface area contributed by atoms with Crippen molar-refractivity contribution < 1.29 is 13.2 Å². The summed E-state index contributed by atoms with van der Waals surface area (Å²) >= 11 is 0. The van der Waals surface area contributed by atoms with Crippen LogP contribution >= 0.6 is 0 Å². The number of carbonyl (C=O) groups is 1. The molecule has 0 saturated heterocycles. The Balaban J connectivity index is 2.27. The second kappa shape index (κ2) is 6.13. The van der Waals surface area contributed by atoms with Crippen molar-refractivity contribution in [3.63, 3.8) is 0 Å². The smallest absolute Gasteiger partial charge is 0.238 e. The Hall–Kier alpha value is -3.01. The highest BCUT2D eigenvalue weighted by Crippen LogP contribution is 2.27. The Kier molecular flexibility index (Phi) is 4.13. The molecule has 3 aromatic carbocycles. The minimum Gasteiger partial charge on any atom is -0.289 e. The van der Waals surface area contributed by atoms with Crippen LogP contribution in [0, 0.1) is 18.3 Å². The summed E-state index contributed by atoms with van der Waals surface area (Å²) in [6.07, 6.45) is 0. The fourth-order valence-electron chi connectivity index (χ4n) is 2.67. The van der Waals surface area contributed by atoms with Gasteiger partial charge in [-0.25, -0.2) is 13.6 Å². The van der Waals surface area contributed by atoms with Crippen LogP contribution in [0.4, 0.5) is 0 Å². The van der Waals surface area contributed by atoms with Gasteiger partial charge in [-0.1, -0.05) is 42.0 Å². The lowest BCUT2D eigenvalue weighted by Crippen LogP contribution is -2.12. The lowest BCUT2D eigenvalue weighted by atomic mass is 9.93. The van der Waals surface area contributed by atoms with E-state index in [1.807, 2.05) is 25.1 Å². The molecule has 0 heterocycles. The maximum Gasteiger partial charge on any atom is 0.238 e. The van der Waals surface area contributed by atoms with Crippen LogP contribution in [-0.4, -0.2) is 14.2 Å². The molecule has 0 atom stereocenters. The monoisotopic (exact) mass is 350 g/mol. The number of primary sulfonamides is 1. The van der Waals surface area contributed by atoms with Crippen LogP contribution in [0.3, 0.4) is 0 Å². The zero-order valence-corrected chi connectivity index (χ0v) is 14.2. The molecule has 6 heteroatoms. The maximum absolute atomic E-state index is 12.9. The Morgan fingerprint density at radius 3 is 2.32 bits per heavy atom. The first-order chi connectivity index (χ1) is 11.8. The predicted octanol–water partition coefficient (Wildman–Crippen LogP) is 2.90. The SMILES string of the molecule is Cc1ccc(C(=O)c2c(C#N)ccc3cc(S(N)(=O)=O)ccc23)cc1. The molecule has 3 rings (SSSR count). The Bertz CT molecular complexity index is 1140. The van der Waals surface area contributed by atoms with Crippen molar-refractivity contribution in [2.75, 3.05) is 0 Å². The average molecular weight is 350 g/mol. The fourth-order valence-corrected chi connectivity index (χ4v) is 3.22. The summed E-state index contributed by atoms with van der Waals surface area (Å²) in [6.45, 7) is 1.92. The van der Waals surface area contributed by atoms with Crippen LogP contribution in [0.5, 0.6) is 0 Å². The number of sulfonamides is 1. The second-order valence-corrected chi connectivity index (χ2v) is 7.28. The standard InChI is InChI=1S/C19H14N2O3S/c1-12-2-4-13(5-3-12)19(22)18-15(11-20)7-6-14-10-16(25(21,23)24)8-9-17(14)18/h2-10H,1H3,(H2,21,23,24). The summed E-state index contributed by atoms with van der Waals surface area (Å²) < 4.78 is 23.1. The number of aryl methyl sites for hydroxylation is 1. The first kappa shape index (κ1) is 16.8. The van der Waals surface area contributed by atoms with Gasteiger partial charge in [-0.2, -0.15) is 5.26 Å². The van der Waals surface area contributed by atoms with Crippen LogP contribution in [-0.2, 0) is 10.0 Å². The molecule has 0 aromatic heterocycles. The quantitative estimate of drug-likeness (QED) is 0.734. The normalized spacial score (nSPS) is 11.2. The van der Waals surface area contributed by atoms with Gasteiger partial charge in [-0.3, -0.25) is 4.79 Å². The largest absolute Gasteiger partial charge is 0.289 e. The minimum atomic E-state index is -3.85. The number of ketones is 1. The van der Waals surface area contributed by atoms with E-state index in [4.69, 9.17) is 5.14 Å². The molecule has 5 nitrogen and oxygen atoms in total. The molecule has 0 aliphatic carbocycles. The molecular formula is C19H14N2O3S. The fraction of sp³-hybridized carbons (Fsp3) is 0.0526. The van der Waals surface area contributed by atoms with E-state index >= 15 is 0 Å². The van der Waals surface area contributed by atoms with Crippen LogP contribution in [0.1, 0.15) is 27.0 Å². The Morgan fingerprint density at radius 2 is 1.72 bits per heavy atom. The van der Waals surface area contributed by atoms with E-state index < -0.39 is 10.0 Å². The lowest BCUT2D eigenvalue weighted by Gasteiger charge is -2.10. The molecule has 0 bridgehead atoms. The van der Waals surface area contributed by atoms with E-state index in [0.29, 0.717) is 16.3 Å². The number of nitrogens with two attached hydrogens (primary N) is 1. The number of benzene rings is 3. The number of hydrogen-bond acceptors (Lipinski definition) is 4. The molecule has 0 aliphatic rings. The third kappa shape index (κ3) is 3.15. The van der Waals surface area contributed by atoms with Crippen LogP contribution in [0.2, 0.25) is 0 Å². The van der Waals surface area contributed by atoms with Crippen molar-refractivity contribution in [3.05, 3.63) is 76.9 Å². The molecule has 0 aliphatic heterocycles. The molecule has 0 spiro atoms. The van der Waals surface area contributed by atoms with Gasteiger partial charge in [0.05, 0.1) is 16.5 Å². The summed E-state index contributed by atoms with van der Waals surface area (Å²) in [5.74, 6) is -0.287. The number of nitrogens with zero attached hydrogens (tertiary/aromatic N) is 1. The van der Waals surface area contributed by atoms with Crippen molar-refractivity contribution in [3.8, 4) is 6.07 Å². The first-order valence-electron chi connectivity index (χ1n) is 7.42. The van der Waals surface area contributed by atoms with Crippen LogP contribution < -0.4 is 5.14 Å². The number of fused-ring (bicyclic) bond motifs is 1. The highest BCUT2D eigenvalue weighted by Gasteiger charge is 2.18. The summed E-state index contributed by atoms with van der Waals surface area (Å²) in [5, 5.41) is 15.6. The van der Waals surface area contributed by atoms with E-state index in [1.165, 1.54) is 24.3 Å². The van der Waals surface area contributed by atoms with Gasteiger partial charge in [0, 0.05) is 11.1 Å². The van der Waals surface area contributed by atoms with Crippen molar-refractivity contribution in [1.82, 2.24) is 0 Å². The van der Waals surface area contributed by atoms with Gasteiger partial charge in [-0.15, -0.1) is 0 Å². The highest BCUT2D eigenvalue weighted by molar-refractivity contribution is 7.89. The molecule has 0 unspecified atom stereocenters. The topological polar surface area (TPSA) is 101 Å². The molecule has 0 saturated carbocycles. The summed E-state index contributed by atoms with van der Waals surface area (Å²) in [7, 11) is -3.85. The molecule has 3 aromatic rings. The minimum absolute atomic E-state index is 0.0431. The summed E-state index contributed by atoms with van der Waals surface area (Å²) in [5.41, 5.74) is 1.98. The van der Waals surface area contributed by atoms with E-state index in [-0.39, 0.29) is 21.8 Å². The second-order valence-electron chi connectivity index (χ2n) is 5.72. The van der Waals surface area contributed by atoms with Crippen molar-refractivity contribution >= 4 is 26.6 Å². The molecule has 0 fully saturated rings. The third-order valence-corrected chi connectivity index (χ3v) is 4.89. The first-order valence-corrected chi connectivity index (χ1v) is 8.97. The van der Waals surface area contributed by atoms with Crippen LogP contribution in [0.15, 0.2) is 59.5 Å². The summed E-state index contributed by atoms with van der Waals surface area (Å²) in [4.78, 5) is 12.9. The van der Waals surface area contributed by atoms with E-state index in [1.54, 1.807) is 18.2 Å².